The van der Waals surface area contributed by atoms with Crippen molar-refractivity contribution < 1.29 is 18.3 Å². The van der Waals surface area contributed by atoms with Gasteiger partial charge in [-0.1, -0.05) is 12.1 Å². The van der Waals surface area contributed by atoms with Crippen LogP contribution in [0.5, 0.6) is 0 Å². The number of alkyl carbamates (subject to hydrolysis) is 1. The van der Waals surface area contributed by atoms with Gasteiger partial charge in [0.25, 0.3) is 0 Å². The van der Waals surface area contributed by atoms with Crippen LogP contribution in [0.15, 0.2) is 36.8 Å². The van der Waals surface area contributed by atoms with Gasteiger partial charge >= 0.3 is 6.09 Å². The minimum Gasteiger partial charge on any atom is -0.444 e. The second-order valence-corrected chi connectivity index (χ2v) is 8.07. The van der Waals surface area contributed by atoms with Crippen LogP contribution in [0.1, 0.15) is 31.9 Å². The number of ether oxygens (including phenoxy) is 1. The molecule has 3 rings (SSSR count). The van der Waals surface area contributed by atoms with Crippen LogP contribution in [0.3, 0.4) is 0 Å². The van der Waals surface area contributed by atoms with E-state index < -0.39 is 24.5 Å². The SMILES string of the molecule is Cn1ccc(Nc2ncnc(-c3ccc(CNC(=O)OC(C)(C)C)c(CC(F)F)c3)n2)n1. The summed E-state index contributed by atoms with van der Waals surface area (Å²) in [6, 6.07) is 6.73. The molecular weight excluding hydrogens is 420 g/mol. The van der Waals surface area contributed by atoms with Gasteiger partial charge in [-0.05, 0) is 38.0 Å². The maximum atomic E-state index is 13.2. The summed E-state index contributed by atoms with van der Waals surface area (Å²) in [5.74, 6) is 1.16. The molecule has 0 radical (unpaired) electrons. The lowest BCUT2D eigenvalue weighted by Gasteiger charge is -2.20. The van der Waals surface area contributed by atoms with E-state index in [9.17, 15) is 13.6 Å². The highest BCUT2D eigenvalue weighted by Gasteiger charge is 2.17. The number of halogens is 2. The number of anilines is 2. The molecule has 2 N–H and O–H groups in total. The Labute approximate surface area is 184 Å². The molecule has 0 fully saturated rings. The van der Waals surface area contributed by atoms with Crippen LogP contribution in [-0.2, 0) is 24.8 Å². The highest BCUT2D eigenvalue weighted by atomic mass is 19.3. The van der Waals surface area contributed by atoms with Crippen LogP contribution in [0.4, 0.5) is 25.3 Å². The van der Waals surface area contributed by atoms with E-state index >= 15 is 0 Å². The van der Waals surface area contributed by atoms with Crippen LogP contribution >= 0.6 is 0 Å². The molecule has 2 aromatic heterocycles. The van der Waals surface area contributed by atoms with Crippen molar-refractivity contribution in [1.82, 2.24) is 30.0 Å². The maximum Gasteiger partial charge on any atom is 0.407 e. The number of carbonyl (C=O) groups is 1. The molecule has 32 heavy (non-hydrogen) atoms. The van der Waals surface area contributed by atoms with E-state index in [1.165, 1.54) is 6.33 Å². The lowest BCUT2D eigenvalue weighted by molar-refractivity contribution is 0.0523. The van der Waals surface area contributed by atoms with Crippen molar-refractivity contribution in [2.75, 3.05) is 5.32 Å². The summed E-state index contributed by atoms with van der Waals surface area (Å²) >= 11 is 0. The largest absolute Gasteiger partial charge is 0.444 e. The molecule has 0 atom stereocenters. The molecule has 0 unspecified atom stereocenters. The van der Waals surface area contributed by atoms with Crippen molar-refractivity contribution in [3.63, 3.8) is 0 Å². The monoisotopic (exact) mass is 445 g/mol. The molecule has 0 spiro atoms. The zero-order chi connectivity index (χ0) is 23.3. The molecule has 170 valence electrons. The third-order valence-electron chi connectivity index (χ3n) is 4.19. The van der Waals surface area contributed by atoms with Gasteiger partial charge in [0.2, 0.25) is 12.4 Å². The van der Waals surface area contributed by atoms with Crippen molar-refractivity contribution in [3.05, 3.63) is 47.9 Å². The summed E-state index contributed by atoms with van der Waals surface area (Å²) in [7, 11) is 1.79. The van der Waals surface area contributed by atoms with E-state index in [2.05, 4.69) is 30.7 Å². The normalized spacial score (nSPS) is 11.5. The Morgan fingerprint density at radius 3 is 2.62 bits per heavy atom. The molecule has 0 aliphatic rings. The predicted octanol–water partition coefficient (Wildman–Crippen LogP) is 3.85. The minimum atomic E-state index is -2.55. The van der Waals surface area contributed by atoms with Crippen molar-refractivity contribution in [1.29, 1.82) is 0 Å². The number of hydrogen-bond acceptors (Lipinski definition) is 7. The Bertz CT molecular complexity index is 1080. The van der Waals surface area contributed by atoms with Gasteiger partial charge in [0.05, 0.1) is 0 Å². The Morgan fingerprint density at radius 1 is 1.19 bits per heavy atom. The third kappa shape index (κ3) is 6.69. The van der Waals surface area contributed by atoms with E-state index in [-0.39, 0.29) is 12.5 Å². The van der Waals surface area contributed by atoms with E-state index in [1.54, 1.807) is 63.0 Å². The summed E-state index contributed by atoms with van der Waals surface area (Å²) in [5.41, 5.74) is 0.835. The van der Waals surface area contributed by atoms with Gasteiger partial charge in [-0.3, -0.25) is 4.68 Å². The number of nitrogens with zero attached hydrogens (tertiary/aromatic N) is 5. The number of aromatic nitrogens is 5. The van der Waals surface area contributed by atoms with Crippen molar-refractivity contribution in [3.8, 4) is 11.4 Å². The zero-order valence-corrected chi connectivity index (χ0v) is 18.3. The summed E-state index contributed by atoms with van der Waals surface area (Å²) in [6.07, 6.45) is -0.537. The van der Waals surface area contributed by atoms with E-state index in [0.717, 1.165) is 0 Å². The van der Waals surface area contributed by atoms with Gasteiger partial charge < -0.3 is 15.4 Å². The minimum absolute atomic E-state index is 0.0565. The fourth-order valence-electron chi connectivity index (χ4n) is 2.87. The number of alkyl halides is 2. The van der Waals surface area contributed by atoms with E-state index in [0.29, 0.717) is 28.3 Å². The molecular formula is C21H25F2N7O2. The van der Waals surface area contributed by atoms with Crippen LogP contribution in [0, 0.1) is 0 Å². The van der Waals surface area contributed by atoms with Gasteiger partial charge in [0.15, 0.2) is 11.6 Å². The summed E-state index contributed by atoms with van der Waals surface area (Å²) in [5, 5.41) is 9.77. The second kappa shape index (κ2) is 9.67. The standard InChI is InChI=1S/C21H25F2N7O2/c1-21(2,3)32-20(31)24-11-14-6-5-13(9-15(14)10-16(22)23)18-25-12-26-19(28-18)27-17-7-8-30(4)29-17/h5-9,12,16H,10-11H2,1-4H3,(H,24,31)(H,25,26,27,28,29). The molecule has 0 bridgehead atoms. The molecule has 2 heterocycles. The Balaban J connectivity index is 1.80. The van der Waals surface area contributed by atoms with Gasteiger partial charge in [0, 0.05) is 37.8 Å². The topological polar surface area (TPSA) is 107 Å². The fourth-order valence-corrected chi connectivity index (χ4v) is 2.87. The quantitative estimate of drug-likeness (QED) is 0.569. The van der Waals surface area contributed by atoms with Crippen molar-refractivity contribution >= 4 is 17.9 Å². The number of rotatable bonds is 7. The molecule has 11 heteroatoms. The van der Waals surface area contributed by atoms with Crippen molar-refractivity contribution in [2.45, 2.75) is 45.8 Å². The van der Waals surface area contributed by atoms with Crippen LogP contribution < -0.4 is 10.6 Å². The number of aryl methyl sites for hydroxylation is 1. The molecule has 0 aliphatic heterocycles. The number of nitrogens with one attached hydrogen (secondary N) is 2. The molecule has 3 aromatic rings. The first-order valence-electron chi connectivity index (χ1n) is 9.92. The Kier molecular flexibility index (Phi) is 6.96. The summed E-state index contributed by atoms with van der Waals surface area (Å²) in [6.45, 7) is 5.29. The fraction of sp³-hybridized carbons (Fsp3) is 0.381. The van der Waals surface area contributed by atoms with Crippen LogP contribution in [-0.4, -0.2) is 42.9 Å². The average molecular weight is 445 g/mol. The Hall–Kier alpha value is -3.63. The predicted molar refractivity (Wildman–Crippen MR) is 115 cm³/mol. The molecule has 1 aromatic carbocycles. The number of hydrogen-bond donors (Lipinski definition) is 2. The van der Waals surface area contributed by atoms with Crippen LogP contribution in [0.25, 0.3) is 11.4 Å². The number of amides is 1. The average Bonchev–Trinajstić information content (AvgIpc) is 3.10. The maximum absolute atomic E-state index is 13.2. The van der Waals surface area contributed by atoms with Gasteiger partial charge in [0.1, 0.15) is 11.9 Å². The Morgan fingerprint density at radius 2 is 1.97 bits per heavy atom. The first kappa shape index (κ1) is 23.0. The van der Waals surface area contributed by atoms with Crippen molar-refractivity contribution in [2.24, 2.45) is 7.05 Å². The van der Waals surface area contributed by atoms with E-state index in [1.807, 2.05) is 0 Å². The first-order chi connectivity index (χ1) is 15.1. The highest BCUT2D eigenvalue weighted by Crippen LogP contribution is 2.23. The smallest absolute Gasteiger partial charge is 0.407 e. The lowest BCUT2D eigenvalue weighted by Crippen LogP contribution is -2.32. The second-order valence-electron chi connectivity index (χ2n) is 8.07. The molecule has 0 saturated heterocycles. The van der Waals surface area contributed by atoms with E-state index in [4.69, 9.17) is 4.74 Å². The number of carbonyl (C=O) groups excluding carboxylic acids is 1. The zero-order valence-electron chi connectivity index (χ0n) is 18.3. The lowest BCUT2D eigenvalue weighted by atomic mass is 10.0. The third-order valence-corrected chi connectivity index (χ3v) is 4.19. The highest BCUT2D eigenvalue weighted by molar-refractivity contribution is 5.68. The van der Waals surface area contributed by atoms with Gasteiger partial charge in [-0.2, -0.15) is 10.1 Å². The molecule has 9 nitrogen and oxygen atoms in total. The summed E-state index contributed by atoms with van der Waals surface area (Å²) < 4.78 is 33.2. The first-order valence-corrected chi connectivity index (χ1v) is 9.92. The van der Waals surface area contributed by atoms with Crippen LogP contribution in [0.2, 0.25) is 0 Å². The number of benzene rings is 1. The summed E-state index contributed by atoms with van der Waals surface area (Å²) in [4.78, 5) is 24.5. The molecule has 1 amide bonds. The molecule has 0 aliphatic carbocycles. The van der Waals surface area contributed by atoms with Gasteiger partial charge in [-0.15, -0.1) is 0 Å². The molecule has 0 saturated carbocycles. The van der Waals surface area contributed by atoms with Gasteiger partial charge in [-0.25, -0.2) is 23.5 Å².